The first kappa shape index (κ1) is 16.2. The van der Waals surface area contributed by atoms with Crippen LogP contribution in [0.5, 0.6) is 0 Å². The van der Waals surface area contributed by atoms with Crippen molar-refractivity contribution in [3.05, 3.63) is 29.8 Å². The molecule has 0 saturated carbocycles. The molecule has 1 aliphatic rings. The van der Waals surface area contributed by atoms with Gasteiger partial charge in [0.1, 0.15) is 0 Å². The molecule has 2 atom stereocenters. The fourth-order valence-electron chi connectivity index (χ4n) is 3.03. The Bertz CT molecular complexity index is 614. The van der Waals surface area contributed by atoms with Crippen LogP contribution in [0.15, 0.2) is 29.2 Å². The number of benzene rings is 1. The summed E-state index contributed by atoms with van der Waals surface area (Å²) in [6.45, 7) is 5.68. The molecule has 2 unspecified atom stereocenters. The second-order valence-corrected chi connectivity index (χ2v) is 7.61. The van der Waals surface area contributed by atoms with Crippen molar-refractivity contribution in [1.82, 2.24) is 4.31 Å². The third-order valence-electron chi connectivity index (χ3n) is 4.17. The third kappa shape index (κ3) is 3.19. The lowest BCUT2D eigenvalue weighted by molar-refractivity contribution is 0.0988. The molecule has 0 aliphatic carbocycles. The van der Waals surface area contributed by atoms with Gasteiger partial charge in [0.05, 0.1) is 4.90 Å². The predicted octanol–water partition coefficient (Wildman–Crippen LogP) is 3.23. The van der Waals surface area contributed by atoms with Gasteiger partial charge in [0.2, 0.25) is 10.0 Å². The van der Waals surface area contributed by atoms with Crippen molar-refractivity contribution in [1.29, 1.82) is 0 Å². The van der Waals surface area contributed by atoms with Crippen molar-refractivity contribution in [2.24, 2.45) is 0 Å². The molecule has 0 radical (unpaired) electrons. The molecular formula is C16H23NO3S. The van der Waals surface area contributed by atoms with Gasteiger partial charge in [0.15, 0.2) is 5.78 Å². The topological polar surface area (TPSA) is 54.5 Å². The van der Waals surface area contributed by atoms with Crippen LogP contribution in [0.1, 0.15) is 56.8 Å². The zero-order chi connectivity index (χ0) is 15.6. The minimum atomic E-state index is -3.54. The van der Waals surface area contributed by atoms with Crippen LogP contribution in [0.25, 0.3) is 0 Å². The maximum Gasteiger partial charge on any atom is 0.243 e. The first-order valence-electron chi connectivity index (χ1n) is 7.54. The van der Waals surface area contributed by atoms with Gasteiger partial charge in [-0.25, -0.2) is 8.42 Å². The molecule has 0 aromatic heterocycles. The van der Waals surface area contributed by atoms with E-state index in [0.29, 0.717) is 12.0 Å². The van der Waals surface area contributed by atoms with Crippen LogP contribution in [0.2, 0.25) is 0 Å². The lowest BCUT2D eigenvalue weighted by Crippen LogP contribution is -2.47. The van der Waals surface area contributed by atoms with Crippen LogP contribution in [-0.4, -0.2) is 30.6 Å². The highest BCUT2D eigenvalue weighted by Gasteiger charge is 2.35. The average molecular weight is 309 g/mol. The highest BCUT2D eigenvalue weighted by Crippen LogP contribution is 2.29. The molecule has 5 heteroatoms. The summed E-state index contributed by atoms with van der Waals surface area (Å²) < 4.78 is 27.4. The number of rotatable bonds is 4. The van der Waals surface area contributed by atoms with E-state index in [2.05, 4.69) is 0 Å². The van der Waals surface area contributed by atoms with E-state index in [-0.39, 0.29) is 22.8 Å². The van der Waals surface area contributed by atoms with Crippen molar-refractivity contribution < 1.29 is 13.2 Å². The Morgan fingerprint density at radius 2 is 1.86 bits per heavy atom. The molecule has 0 spiro atoms. The van der Waals surface area contributed by atoms with E-state index in [1.807, 2.05) is 13.8 Å². The molecule has 1 heterocycles. The lowest BCUT2D eigenvalue weighted by Gasteiger charge is -2.37. The Kier molecular flexibility index (Phi) is 4.84. The summed E-state index contributed by atoms with van der Waals surface area (Å²) in [5.74, 6) is -0.0354. The number of piperidine rings is 1. The zero-order valence-corrected chi connectivity index (χ0v) is 13.7. The van der Waals surface area contributed by atoms with E-state index in [4.69, 9.17) is 0 Å². The molecule has 1 aromatic carbocycles. The van der Waals surface area contributed by atoms with Crippen LogP contribution in [0, 0.1) is 0 Å². The van der Waals surface area contributed by atoms with E-state index in [1.54, 1.807) is 29.4 Å². The predicted molar refractivity (Wildman–Crippen MR) is 82.9 cm³/mol. The summed E-state index contributed by atoms with van der Waals surface area (Å²) in [5, 5.41) is 0. The van der Waals surface area contributed by atoms with E-state index in [0.717, 1.165) is 19.3 Å². The number of sulfonamides is 1. The smallest absolute Gasteiger partial charge is 0.243 e. The fraction of sp³-hybridized carbons (Fsp3) is 0.562. The second kappa shape index (κ2) is 6.28. The fourth-order valence-corrected chi connectivity index (χ4v) is 4.96. The molecule has 4 nitrogen and oxygen atoms in total. The van der Waals surface area contributed by atoms with Crippen molar-refractivity contribution in [2.45, 2.75) is 63.4 Å². The molecule has 0 bridgehead atoms. The molecule has 21 heavy (non-hydrogen) atoms. The molecule has 0 amide bonds. The number of carbonyl (C=O) groups is 1. The van der Waals surface area contributed by atoms with Crippen LogP contribution < -0.4 is 0 Å². The molecule has 2 rings (SSSR count). The molecule has 0 N–H and O–H groups in total. The van der Waals surface area contributed by atoms with Gasteiger partial charge in [-0.2, -0.15) is 4.31 Å². The highest BCUT2D eigenvalue weighted by atomic mass is 32.2. The molecule has 1 saturated heterocycles. The number of hydrogen-bond acceptors (Lipinski definition) is 3. The lowest BCUT2D eigenvalue weighted by atomic mass is 10.0. The number of nitrogens with zero attached hydrogens (tertiary/aromatic N) is 1. The van der Waals surface area contributed by atoms with Gasteiger partial charge >= 0.3 is 0 Å². The van der Waals surface area contributed by atoms with Gasteiger partial charge in [0.25, 0.3) is 0 Å². The summed E-state index contributed by atoms with van der Waals surface area (Å²) in [4.78, 5) is 12.0. The van der Waals surface area contributed by atoms with E-state index >= 15 is 0 Å². The van der Waals surface area contributed by atoms with Gasteiger partial charge in [-0.1, -0.05) is 25.5 Å². The zero-order valence-electron chi connectivity index (χ0n) is 12.9. The summed E-state index contributed by atoms with van der Waals surface area (Å²) in [7, 11) is -3.54. The largest absolute Gasteiger partial charge is 0.294 e. The number of Topliss-reactive ketones (excluding diaryl/α,β-unsaturated/α-hetero) is 1. The normalized spacial score (nSPS) is 24.0. The van der Waals surface area contributed by atoms with Gasteiger partial charge < -0.3 is 0 Å². The Hall–Kier alpha value is -1.20. The SMILES string of the molecule is CCC(=O)c1cccc(S(=O)(=O)N2C(C)CCCC2C)c1. The van der Waals surface area contributed by atoms with Crippen molar-refractivity contribution in [3.63, 3.8) is 0 Å². The Labute approximate surface area is 127 Å². The van der Waals surface area contributed by atoms with Crippen molar-refractivity contribution >= 4 is 15.8 Å². The highest BCUT2D eigenvalue weighted by molar-refractivity contribution is 7.89. The van der Waals surface area contributed by atoms with Crippen LogP contribution in [0.4, 0.5) is 0 Å². The standard InChI is InChI=1S/C16H23NO3S/c1-4-16(18)14-9-6-10-15(11-14)21(19,20)17-12(2)7-5-8-13(17)3/h6,9-13H,4-5,7-8H2,1-3H3. The molecular weight excluding hydrogens is 286 g/mol. The summed E-state index contributed by atoms with van der Waals surface area (Å²) in [5.41, 5.74) is 0.468. The average Bonchev–Trinajstić information content (AvgIpc) is 2.46. The maximum atomic E-state index is 12.9. The number of carbonyl (C=O) groups excluding carboxylic acids is 1. The number of hydrogen-bond donors (Lipinski definition) is 0. The summed E-state index contributed by atoms with van der Waals surface area (Å²) >= 11 is 0. The van der Waals surface area contributed by atoms with Crippen LogP contribution >= 0.6 is 0 Å². The molecule has 116 valence electrons. The minimum Gasteiger partial charge on any atom is -0.294 e. The summed E-state index contributed by atoms with van der Waals surface area (Å²) in [6, 6.07) is 6.42. The number of ketones is 1. The van der Waals surface area contributed by atoms with E-state index in [1.165, 1.54) is 6.07 Å². The Balaban J connectivity index is 2.41. The minimum absolute atomic E-state index is 0.00397. The van der Waals surface area contributed by atoms with E-state index in [9.17, 15) is 13.2 Å². The maximum absolute atomic E-state index is 12.9. The van der Waals surface area contributed by atoms with Crippen molar-refractivity contribution in [2.75, 3.05) is 0 Å². The monoisotopic (exact) mass is 309 g/mol. The molecule has 1 fully saturated rings. The second-order valence-electron chi connectivity index (χ2n) is 5.77. The van der Waals surface area contributed by atoms with Crippen molar-refractivity contribution in [3.8, 4) is 0 Å². The van der Waals surface area contributed by atoms with E-state index < -0.39 is 10.0 Å². The van der Waals surface area contributed by atoms with Gasteiger partial charge in [0, 0.05) is 24.1 Å². The summed E-state index contributed by atoms with van der Waals surface area (Å²) in [6.07, 6.45) is 3.21. The first-order valence-corrected chi connectivity index (χ1v) is 8.98. The van der Waals surface area contributed by atoms with Gasteiger partial charge in [-0.05, 0) is 38.8 Å². The van der Waals surface area contributed by atoms with Crippen LogP contribution in [0.3, 0.4) is 0 Å². The van der Waals surface area contributed by atoms with Crippen LogP contribution in [-0.2, 0) is 10.0 Å². The Morgan fingerprint density at radius 1 is 1.24 bits per heavy atom. The quantitative estimate of drug-likeness (QED) is 0.802. The van der Waals surface area contributed by atoms with Gasteiger partial charge in [-0.3, -0.25) is 4.79 Å². The Morgan fingerprint density at radius 3 is 2.43 bits per heavy atom. The molecule has 1 aromatic rings. The molecule has 1 aliphatic heterocycles. The first-order chi connectivity index (χ1) is 9.87. The van der Waals surface area contributed by atoms with Gasteiger partial charge in [-0.15, -0.1) is 0 Å². The third-order valence-corrected chi connectivity index (χ3v) is 6.29.